The minimum absolute atomic E-state index is 0.159. The maximum atomic E-state index is 13.3. The van der Waals surface area contributed by atoms with Gasteiger partial charge in [0.1, 0.15) is 11.3 Å². The van der Waals surface area contributed by atoms with Crippen molar-refractivity contribution in [3.63, 3.8) is 0 Å². The average Bonchev–Trinajstić information content (AvgIpc) is 2.84. The summed E-state index contributed by atoms with van der Waals surface area (Å²) in [6.07, 6.45) is -3.33. The molecule has 0 aliphatic rings. The Morgan fingerprint density at radius 2 is 1.62 bits per heavy atom. The number of ether oxygens (including phenoxy) is 1. The van der Waals surface area contributed by atoms with Gasteiger partial charge in [-0.2, -0.15) is 0 Å². The first kappa shape index (κ1) is 26.5. The summed E-state index contributed by atoms with van der Waals surface area (Å²) in [5, 5.41) is 6.12. The number of carbonyl (C=O) groups excluding carboxylic acids is 1. The number of hydrogen-bond acceptors (Lipinski definition) is 3. The molecule has 37 heavy (non-hydrogen) atoms. The van der Waals surface area contributed by atoms with Gasteiger partial charge in [-0.1, -0.05) is 76.1 Å². The molecule has 4 aromatic rings. The molecule has 1 atom stereocenters. The Bertz CT molecular complexity index is 1360. The largest absolute Gasteiger partial charge is 0.573 e. The molecule has 0 aliphatic heterocycles. The first-order valence-electron chi connectivity index (χ1n) is 11.0. The van der Waals surface area contributed by atoms with Crippen LogP contribution in [0.1, 0.15) is 16.8 Å². The van der Waals surface area contributed by atoms with E-state index in [0.29, 0.717) is 26.4 Å². The monoisotopic (exact) mass is 589 g/mol. The molecule has 2 amide bonds. The Morgan fingerprint density at radius 3 is 2.24 bits per heavy atom. The van der Waals surface area contributed by atoms with E-state index in [-0.39, 0.29) is 6.42 Å². The highest BCUT2D eigenvalue weighted by Gasteiger charge is 2.39. The standard InChI is InChI=1S/C27H20BrClF3N3O2/c28-20-13-19(14-23(15-20)37-27(30,31)32)26(16-18-7-3-1-4-8-18,24-12-11-21(29)17-33-24)35-25(36)34-22-9-5-2-6-10-22/h1-15,17H,16H2,(H2,34,35,36). The van der Waals surface area contributed by atoms with E-state index in [1.165, 1.54) is 18.3 Å². The van der Waals surface area contributed by atoms with E-state index >= 15 is 0 Å². The zero-order valence-corrected chi connectivity index (χ0v) is 21.4. The zero-order valence-electron chi connectivity index (χ0n) is 19.1. The third-order valence-corrected chi connectivity index (χ3v) is 6.11. The minimum atomic E-state index is -4.91. The molecule has 1 heterocycles. The van der Waals surface area contributed by atoms with Gasteiger partial charge < -0.3 is 15.4 Å². The topological polar surface area (TPSA) is 63.2 Å². The number of anilines is 1. The number of benzene rings is 3. The lowest BCUT2D eigenvalue weighted by molar-refractivity contribution is -0.274. The van der Waals surface area contributed by atoms with Gasteiger partial charge in [-0.3, -0.25) is 4.98 Å². The highest BCUT2D eigenvalue weighted by molar-refractivity contribution is 9.10. The van der Waals surface area contributed by atoms with Gasteiger partial charge in [0.05, 0.1) is 10.7 Å². The second kappa shape index (κ2) is 11.2. The molecule has 0 saturated heterocycles. The molecule has 0 fully saturated rings. The molecule has 1 unspecified atom stereocenters. The third-order valence-electron chi connectivity index (χ3n) is 5.43. The van der Waals surface area contributed by atoms with Crippen molar-refractivity contribution in [2.24, 2.45) is 0 Å². The molecule has 4 rings (SSSR count). The number of rotatable bonds is 7. The fourth-order valence-corrected chi connectivity index (χ4v) is 4.51. The summed E-state index contributed by atoms with van der Waals surface area (Å²) >= 11 is 9.37. The predicted octanol–water partition coefficient (Wildman–Crippen LogP) is 7.70. The van der Waals surface area contributed by atoms with Crippen LogP contribution in [-0.2, 0) is 12.0 Å². The van der Waals surface area contributed by atoms with Gasteiger partial charge in [0, 0.05) is 22.8 Å². The molecule has 2 N–H and O–H groups in total. The van der Waals surface area contributed by atoms with E-state index in [2.05, 4.69) is 36.3 Å². The van der Waals surface area contributed by atoms with Crippen molar-refractivity contribution in [1.82, 2.24) is 10.3 Å². The molecule has 0 aliphatic carbocycles. The molecule has 0 saturated carbocycles. The molecule has 0 spiro atoms. The van der Waals surface area contributed by atoms with Gasteiger partial charge in [0.25, 0.3) is 0 Å². The van der Waals surface area contributed by atoms with Crippen LogP contribution in [0.25, 0.3) is 0 Å². The Kier molecular flexibility index (Phi) is 8.04. The molecule has 10 heteroatoms. The van der Waals surface area contributed by atoms with Crippen molar-refractivity contribution in [1.29, 1.82) is 0 Å². The predicted molar refractivity (Wildman–Crippen MR) is 140 cm³/mol. The van der Waals surface area contributed by atoms with Gasteiger partial charge >= 0.3 is 12.4 Å². The fraction of sp³-hybridized carbons (Fsp3) is 0.111. The van der Waals surface area contributed by atoms with E-state index in [9.17, 15) is 18.0 Å². The normalized spacial score (nSPS) is 12.9. The van der Waals surface area contributed by atoms with Gasteiger partial charge in [-0.25, -0.2) is 4.79 Å². The number of amides is 2. The summed E-state index contributed by atoms with van der Waals surface area (Å²) in [5.41, 5.74) is 0.590. The molecule has 3 aromatic carbocycles. The van der Waals surface area contributed by atoms with Crippen molar-refractivity contribution in [3.8, 4) is 5.75 Å². The van der Waals surface area contributed by atoms with E-state index in [0.717, 1.165) is 5.56 Å². The summed E-state index contributed by atoms with van der Waals surface area (Å²) in [6.45, 7) is 0. The van der Waals surface area contributed by atoms with E-state index in [1.807, 2.05) is 36.4 Å². The molecule has 0 bridgehead atoms. The summed E-state index contributed by atoms with van der Waals surface area (Å²) in [4.78, 5) is 17.8. The van der Waals surface area contributed by atoms with Gasteiger partial charge in [-0.15, -0.1) is 13.2 Å². The average molecular weight is 591 g/mol. The van der Waals surface area contributed by atoms with Crippen molar-refractivity contribution < 1.29 is 22.7 Å². The van der Waals surface area contributed by atoms with Crippen LogP contribution in [0.3, 0.4) is 0 Å². The number of para-hydroxylation sites is 1. The minimum Gasteiger partial charge on any atom is -0.406 e. The van der Waals surface area contributed by atoms with Crippen LogP contribution in [0.4, 0.5) is 23.7 Å². The van der Waals surface area contributed by atoms with Crippen LogP contribution in [-0.4, -0.2) is 17.4 Å². The number of aromatic nitrogens is 1. The second-order valence-electron chi connectivity index (χ2n) is 8.10. The van der Waals surface area contributed by atoms with Crippen LogP contribution in [0.15, 0.2) is 102 Å². The lowest BCUT2D eigenvalue weighted by atomic mass is 9.80. The molecule has 5 nitrogen and oxygen atoms in total. The van der Waals surface area contributed by atoms with E-state index in [1.54, 1.807) is 42.5 Å². The summed E-state index contributed by atoms with van der Waals surface area (Å²) in [6, 6.07) is 24.7. The highest BCUT2D eigenvalue weighted by Crippen LogP contribution is 2.38. The number of halogens is 5. The number of hydrogen-bond donors (Lipinski definition) is 2. The number of alkyl halides is 3. The summed E-state index contributed by atoms with van der Waals surface area (Å²) in [5.74, 6) is -0.450. The van der Waals surface area contributed by atoms with Crippen LogP contribution < -0.4 is 15.4 Å². The maximum Gasteiger partial charge on any atom is 0.573 e. The van der Waals surface area contributed by atoms with Crippen LogP contribution in [0.5, 0.6) is 5.75 Å². The Labute approximate surface area is 224 Å². The first-order valence-corrected chi connectivity index (χ1v) is 12.2. The molecular formula is C27H20BrClF3N3O2. The smallest absolute Gasteiger partial charge is 0.406 e. The Hall–Kier alpha value is -3.56. The van der Waals surface area contributed by atoms with Crippen molar-refractivity contribution in [3.05, 3.63) is 124 Å². The number of nitrogens with one attached hydrogen (secondary N) is 2. The van der Waals surface area contributed by atoms with Crippen LogP contribution in [0.2, 0.25) is 5.02 Å². The second-order valence-corrected chi connectivity index (χ2v) is 9.45. The van der Waals surface area contributed by atoms with E-state index in [4.69, 9.17) is 11.6 Å². The summed E-state index contributed by atoms with van der Waals surface area (Å²) in [7, 11) is 0. The number of nitrogens with zero attached hydrogens (tertiary/aromatic N) is 1. The molecule has 1 aromatic heterocycles. The number of urea groups is 1. The van der Waals surface area contributed by atoms with E-state index < -0.39 is 23.7 Å². The highest BCUT2D eigenvalue weighted by atomic mass is 79.9. The Balaban J connectivity index is 1.89. The summed E-state index contributed by atoms with van der Waals surface area (Å²) < 4.78 is 43.9. The van der Waals surface area contributed by atoms with Crippen molar-refractivity contribution in [2.45, 2.75) is 18.3 Å². The molecule has 0 radical (unpaired) electrons. The molecule has 190 valence electrons. The lowest BCUT2D eigenvalue weighted by Crippen LogP contribution is -2.50. The Morgan fingerprint density at radius 1 is 0.946 bits per heavy atom. The van der Waals surface area contributed by atoms with Crippen molar-refractivity contribution in [2.75, 3.05) is 5.32 Å². The number of pyridine rings is 1. The van der Waals surface area contributed by atoms with Crippen LogP contribution >= 0.6 is 27.5 Å². The zero-order chi connectivity index (χ0) is 26.5. The molecular weight excluding hydrogens is 571 g/mol. The fourth-order valence-electron chi connectivity index (χ4n) is 3.93. The maximum absolute atomic E-state index is 13.3. The third kappa shape index (κ3) is 7.02. The lowest BCUT2D eigenvalue weighted by Gasteiger charge is -2.36. The SMILES string of the molecule is O=C(Nc1ccccc1)NC(Cc1ccccc1)(c1cc(Br)cc(OC(F)(F)F)c1)c1ccc(Cl)cn1. The van der Waals surface area contributed by atoms with Gasteiger partial charge in [0.15, 0.2) is 0 Å². The van der Waals surface area contributed by atoms with Crippen LogP contribution in [0, 0.1) is 0 Å². The van der Waals surface area contributed by atoms with Gasteiger partial charge in [0.2, 0.25) is 0 Å². The quantitative estimate of drug-likeness (QED) is 0.232. The van der Waals surface area contributed by atoms with Crippen molar-refractivity contribution >= 4 is 39.2 Å². The van der Waals surface area contributed by atoms with Gasteiger partial charge in [-0.05, 0) is 53.6 Å². The number of carbonyl (C=O) groups is 1. The first-order chi connectivity index (χ1) is 17.6.